The molecule has 9 nitrogen and oxygen atoms in total. The number of nitrogens with zero attached hydrogens (tertiary/aromatic N) is 6. The number of rotatable bonds is 4. The largest absolute Gasteiger partial charge is 0.379 e. The molecule has 3 aromatic heterocycles. The van der Waals surface area contributed by atoms with E-state index in [2.05, 4.69) is 146 Å². The van der Waals surface area contributed by atoms with Crippen molar-refractivity contribution >= 4 is 46.4 Å². The average molecular weight is 746 g/mol. The van der Waals surface area contributed by atoms with Gasteiger partial charge in [0.15, 0.2) is 5.34 Å². The van der Waals surface area contributed by atoms with Crippen molar-refractivity contribution in [3.8, 4) is 44.5 Å². The molecule has 0 radical (unpaired) electrons. The Hall–Kier alpha value is -6.93. The predicted octanol–water partition coefficient (Wildman–Crippen LogP) is 10.6. The van der Waals surface area contributed by atoms with Crippen LogP contribution < -0.4 is 9.97 Å². The molecule has 0 saturated carbocycles. The smallest absolute Gasteiger partial charge is 0.152 e. The molecule has 54 heavy (non-hydrogen) atoms. The second kappa shape index (κ2) is 17.1. The molecule has 0 spiro atoms. The van der Waals surface area contributed by atoms with Crippen molar-refractivity contribution in [1.82, 2.24) is 19.9 Å². The van der Waals surface area contributed by atoms with Crippen LogP contribution in [-0.2, 0) is 21.8 Å². The molecule has 0 fully saturated rings. The molecule has 0 aliphatic carbocycles. The summed E-state index contributed by atoms with van der Waals surface area (Å²) >= 11 is 0. The van der Waals surface area contributed by atoms with E-state index in [1.807, 2.05) is 24.3 Å². The van der Waals surface area contributed by atoms with Gasteiger partial charge in [0.2, 0.25) is 0 Å². The zero-order chi connectivity index (χ0) is 36.6. The van der Waals surface area contributed by atoms with Crippen molar-refractivity contribution < 1.29 is 27.0 Å². The molecule has 0 unspecified atom stereocenters. The van der Waals surface area contributed by atoms with Crippen molar-refractivity contribution in [1.29, 1.82) is 5.46 Å². The maximum atomic E-state index is 8.11. The third kappa shape index (κ3) is 7.36. The van der Waals surface area contributed by atoms with Gasteiger partial charge < -0.3 is 15.2 Å². The van der Waals surface area contributed by atoms with Gasteiger partial charge in [-0.3, -0.25) is 0 Å². The van der Waals surface area contributed by atoms with Crippen molar-refractivity contribution in [2.75, 3.05) is 0 Å². The minimum atomic E-state index is 0. The van der Waals surface area contributed by atoms with Gasteiger partial charge in [0.25, 0.3) is 0 Å². The number of benzene rings is 4. The topological polar surface area (TPSA) is 147 Å². The van der Waals surface area contributed by atoms with Crippen LogP contribution in [0.1, 0.15) is 22.8 Å². The van der Waals surface area contributed by atoms with Crippen molar-refractivity contribution in [3.63, 3.8) is 0 Å². The molecule has 2 aliphatic rings. The zero-order valence-corrected chi connectivity index (χ0v) is 29.6. The Labute approximate surface area is 320 Å². The van der Waals surface area contributed by atoms with Gasteiger partial charge in [-0.25, -0.2) is 9.97 Å². The summed E-state index contributed by atoms with van der Waals surface area (Å²) in [4.78, 5) is 29.3. The average Bonchev–Trinajstić information content (AvgIpc) is 4.06. The Morgan fingerprint density at radius 1 is 0.426 bits per heavy atom. The standard InChI is InChI=1S/C44H28N4.Fe.HNO2.NO/c1-5-13-29(14-6-1)41-33-21-23-35(45-33)42(30-15-7-2-8-16-30)37-25-27-39(47-37)44(32-19-11-4-12-20-32)40-28-26-38(48-40)43(31-17-9-3-10-18-31)36-24-22-34(41)46-36;;2-1-3;1-2/h1-28H;;(H,2,3);/q-2;;;+1. The maximum absolute atomic E-state index is 8.11. The zero-order valence-electron chi connectivity index (χ0n) is 28.5. The van der Waals surface area contributed by atoms with Crippen LogP contribution in [0.3, 0.4) is 0 Å². The van der Waals surface area contributed by atoms with Crippen molar-refractivity contribution in [2.45, 2.75) is 0 Å². The third-order valence-corrected chi connectivity index (χ3v) is 8.86. The fraction of sp³-hybridized carbons (Fsp3) is 0. The first-order chi connectivity index (χ1) is 26.2. The molecule has 1 N–H and O–H groups in total. The summed E-state index contributed by atoms with van der Waals surface area (Å²) in [5, 5.41) is 7.89. The van der Waals surface area contributed by atoms with E-state index in [0.717, 1.165) is 89.4 Å². The number of aromatic nitrogens is 4. The molecule has 8 bridgehead atoms. The van der Waals surface area contributed by atoms with Crippen LogP contribution in [0.25, 0.3) is 90.9 Å². The first-order valence-electron chi connectivity index (χ1n) is 16.6. The molecule has 4 aromatic carbocycles. The summed E-state index contributed by atoms with van der Waals surface area (Å²) in [7, 11) is 0. The molecule has 10 heteroatoms. The summed E-state index contributed by atoms with van der Waals surface area (Å²) < 4.78 is 7.25. The molecular formula is C44H29FeN6O3-. The number of fused-ring (bicyclic) bond motifs is 8. The summed E-state index contributed by atoms with van der Waals surface area (Å²) in [6.07, 6.45) is 8.41. The Bertz CT molecular complexity index is 2310. The quantitative estimate of drug-likeness (QED) is 0.0816. The molecule has 5 heterocycles. The molecule has 0 saturated heterocycles. The van der Waals surface area contributed by atoms with Crippen LogP contribution in [-0.4, -0.2) is 15.2 Å². The maximum Gasteiger partial charge on any atom is 0.152 e. The van der Waals surface area contributed by atoms with Gasteiger partial charge in [0, 0.05) is 17.1 Å². The summed E-state index contributed by atoms with van der Waals surface area (Å²) in [5.74, 6) is 0. The second-order valence-electron chi connectivity index (χ2n) is 11.9. The minimum absolute atomic E-state index is 0. The van der Waals surface area contributed by atoms with E-state index in [9.17, 15) is 0 Å². The first-order valence-corrected chi connectivity index (χ1v) is 16.6. The summed E-state index contributed by atoms with van der Waals surface area (Å²) in [5.41, 5.74) is 20.8. The Morgan fingerprint density at radius 2 is 0.630 bits per heavy atom. The molecule has 0 amide bonds. The molecule has 9 rings (SSSR count). The van der Waals surface area contributed by atoms with Gasteiger partial charge in [0.05, 0.1) is 22.8 Å². The Kier molecular flexibility index (Phi) is 11.6. The van der Waals surface area contributed by atoms with Gasteiger partial charge in [0.1, 0.15) is 0 Å². The van der Waals surface area contributed by atoms with E-state index in [1.54, 1.807) is 0 Å². The van der Waals surface area contributed by atoms with Crippen LogP contribution in [0.5, 0.6) is 0 Å². The van der Waals surface area contributed by atoms with E-state index in [-0.39, 0.29) is 17.1 Å². The predicted molar refractivity (Wildman–Crippen MR) is 209 cm³/mol. The van der Waals surface area contributed by atoms with E-state index < -0.39 is 0 Å². The van der Waals surface area contributed by atoms with E-state index in [1.165, 1.54) is 5.34 Å². The second-order valence-corrected chi connectivity index (χ2v) is 11.9. The normalized spacial score (nSPS) is 10.9. The molecule has 2 aliphatic heterocycles. The van der Waals surface area contributed by atoms with Crippen LogP contribution in [0.4, 0.5) is 0 Å². The number of hydrogen-bond donors (Lipinski definition) is 1. The summed E-state index contributed by atoms with van der Waals surface area (Å²) in [6, 6.07) is 50.0. The molecule has 0 atom stereocenters. The van der Waals surface area contributed by atoms with Crippen LogP contribution in [0.15, 0.2) is 151 Å². The van der Waals surface area contributed by atoms with E-state index in [4.69, 9.17) is 40.3 Å². The first kappa shape index (κ1) is 36.8. The fourth-order valence-corrected chi connectivity index (χ4v) is 6.69. The molecular weight excluding hydrogens is 716 g/mol. The fourth-order valence-electron chi connectivity index (χ4n) is 6.69. The van der Waals surface area contributed by atoms with Crippen molar-refractivity contribution in [2.24, 2.45) is 5.34 Å². The van der Waals surface area contributed by atoms with Crippen LogP contribution in [0, 0.1) is 10.4 Å². The van der Waals surface area contributed by atoms with Gasteiger partial charge in [-0.05, 0) is 68.8 Å². The Morgan fingerprint density at radius 3 is 0.833 bits per heavy atom. The van der Waals surface area contributed by atoms with Gasteiger partial charge in [-0.15, -0.1) is 27.0 Å². The SMILES string of the molecule is C1=Cc2nc1c(-c1ccccc1)c1ccc([n-]1)c(-c1ccccc1)c1nc(c(-c3ccccc3)c3ccc([n-]3)c2-c2ccccc2)C=C1.N#[O+].O=NO.[Fe]. The van der Waals surface area contributed by atoms with Gasteiger partial charge >= 0.3 is 10.2 Å². The van der Waals surface area contributed by atoms with Crippen molar-refractivity contribution in [3.05, 3.63) is 173 Å². The molecule has 7 aromatic rings. The van der Waals surface area contributed by atoms with Gasteiger partial charge in [-0.1, -0.05) is 146 Å². The minimum Gasteiger partial charge on any atom is -0.379 e. The third-order valence-electron chi connectivity index (χ3n) is 8.86. The Balaban J connectivity index is 0.000000792. The monoisotopic (exact) mass is 745 g/mol. The summed E-state index contributed by atoms with van der Waals surface area (Å²) in [6.45, 7) is 0. The van der Waals surface area contributed by atoms with E-state index in [0.29, 0.717) is 0 Å². The van der Waals surface area contributed by atoms with Gasteiger partial charge in [-0.2, -0.15) is 0 Å². The molecule has 262 valence electrons. The van der Waals surface area contributed by atoms with Crippen LogP contribution in [0.2, 0.25) is 0 Å². The van der Waals surface area contributed by atoms with E-state index >= 15 is 0 Å². The number of hydrogen-bond acceptors (Lipinski definition) is 5. The van der Waals surface area contributed by atoms with Crippen LogP contribution >= 0.6 is 0 Å².